The molecule has 3 nitrogen and oxygen atoms in total. The van der Waals surface area contributed by atoms with E-state index in [2.05, 4.69) is 27.9 Å². The summed E-state index contributed by atoms with van der Waals surface area (Å²) in [5.41, 5.74) is 7.89. The molecule has 1 aromatic rings. The van der Waals surface area contributed by atoms with Gasteiger partial charge in [-0.2, -0.15) is 0 Å². The number of halogens is 1. The first kappa shape index (κ1) is 13.8. The highest BCUT2D eigenvalue weighted by atomic mass is 79.9. The van der Waals surface area contributed by atoms with Gasteiger partial charge in [-0.25, -0.2) is 0 Å². The zero-order chi connectivity index (χ0) is 13.0. The third-order valence-electron chi connectivity index (χ3n) is 3.33. The number of nitrogens with two attached hydrogens (primary N) is 1. The molecule has 1 aromatic carbocycles. The third-order valence-corrected chi connectivity index (χ3v) is 4.11. The second kappa shape index (κ2) is 6.55. The molecule has 0 saturated carbocycles. The van der Waals surface area contributed by atoms with E-state index in [4.69, 9.17) is 10.5 Å². The topological polar surface area (TPSA) is 38.5 Å². The van der Waals surface area contributed by atoms with Crippen LogP contribution in [0.1, 0.15) is 18.4 Å². The van der Waals surface area contributed by atoms with Gasteiger partial charge in [-0.15, -0.1) is 0 Å². The molecule has 0 radical (unpaired) electrons. The zero-order valence-corrected chi connectivity index (χ0v) is 12.4. The molecule has 2 rings (SSSR count). The van der Waals surface area contributed by atoms with Crippen LogP contribution in [0.3, 0.4) is 0 Å². The summed E-state index contributed by atoms with van der Waals surface area (Å²) < 4.78 is 6.65. The van der Waals surface area contributed by atoms with E-state index in [1.54, 1.807) is 0 Å². The third kappa shape index (κ3) is 3.97. The minimum absolute atomic E-state index is 0.670. The van der Waals surface area contributed by atoms with Crippen molar-refractivity contribution in [3.63, 3.8) is 0 Å². The van der Waals surface area contributed by atoms with Gasteiger partial charge in [0.25, 0.3) is 0 Å². The van der Waals surface area contributed by atoms with Gasteiger partial charge in [0.1, 0.15) is 0 Å². The van der Waals surface area contributed by atoms with Gasteiger partial charge in [0.2, 0.25) is 0 Å². The Morgan fingerprint density at radius 3 is 3.06 bits per heavy atom. The van der Waals surface area contributed by atoms with Crippen molar-refractivity contribution in [1.82, 2.24) is 4.90 Å². The quantitative estimate of drug-likeness (QED) is 0.869. The van der Waals surface area contributed by atoms with Crippen LogP contribution in [0.4, 0.5) is 5.69 Å². The van der Waals surface area contributed by atoms with E-state index >= 15 is 0 Å². The molecule has 0 bridgehead atoms. The van der Waals surface area contributed by atoms with E-state index in [-0.39, 0.29) is 0 Å². The highest BCUT2D eigenvalue weighted by Crippen LogP contribution is 2.22. The number of rotatable bonds is 4. The maximum Gasteiger partial charge on any atom is 0.0506 e. The van der Waals surface area contributed by atoms with E-state index in [9.17, 15) is 0 Å². The molecule has 0 amide bonds. The summed E-state index contributed by atoms with van der Waals surface area (Å²) in [5.74, 6) is 0.670. The Balaban J connectivity index is 1.89. The standard InChI is InChI=1S/C14H21BrN2O/c1-17(8-11-3-2-6-18-10-11)9-12-7-13(16)4-5-14(12)15/h4-5,7,11H,2-3,6,8-10,16H2,1H3. The Hall–Kier alpha value is -0.580. The van der Waals surface area contributed by atoms with Gasteiger partial charge in [-0.3, -0.25) is 0 Å². The van der Waals surface area contributed by atoms with Crippen LogP contribution >= 0.6 is 15.9 Å². The molecular formula is C14H21BrN2O. The summed E-state index contributed by atoms with van der Waals surface area (Å²) in [5, 5.41) is 0. The number of hydrogen-bond acceptors (Lipinski definition) is 3. The van der Waals surface area contributed by atoms with Gasteiger partial charge in [0.15, 0.2) is 0 Å². The summed E-state index contributed by atoms with van der Waals surface area (Å²) >= 11 is 3.58. The van der Waals surface area contributed by atoms with Gasteiger partial charge in [0, 0.05) is 29.9 Å². The van der Waals surface area contributed by atoms with Crippen molar-refractivity contribution in [2.75, 3.05) is 32.5 Å². The predicted molar refractivity (Wildman–Crippen MR) is 78.4 cm³/mol. The van der Waals surface area contributed by atoms with Gasteiger partial charge in [0.05, 0.1) is 6.61 Å². The lowest BCUT2D eigenvalue weighted by atomic mass is 10.0. The van der Waals surface area contributed by atoms with E-state index in [1.807, 2.05) is 18.2 Å². The fourth-order valence-electron chi connectivity index (χ4n) is 2.46. The highest BCUT2D eigenvalue weighted by molar-refractivity contribution is 9.10. The van der Waals surface area contributed by atoms with E-state index in [0.29, 0.717) is 5.92 Å². The average molecular weight is 313 g/mol. The number of ether oxygens (including phenoxy) is 1. The van der Waals surface area contributed by atoms with Crippen LogP contribution in [0.25, 0.3) is 0 Å². The van der Waals surface area contributed by atoms with Gasteiger partial charge >= 0.3 is 0 Å². The second-order valence-electron chi connectivity index (χ2n) is 5.13. The zero-order valence-electron chi connectivity index (χ0n) is 10.9. The van der Waals surface area contributed by atoms with Crippen molar-refractivity contribution in [3.05, 3.63) is 28.2 Å². The Morgan fingerprint density at radius 1 is 1.50 bits per heavy atom. The van der Waals surface area contributed by atoms with E-state index in [0.717, 1.165) is 36.5 Å². The molecule has 0 aliphatic carbocycles. The van der Waals surface area contributed by atoms with Crippen molar-refractivity contribution in [1.29, 1.82) is 0 Å². The van der Waals surface area contributed by atoms with E-state index in [1.165, 1.54) is 18.4 Å². The number of nitrogens with zero attached hydrogens (tertiary/aromatic N) is 1. The smallest absolute Gasteiger partial charge is 0.0506 e. The molecule has 2 N–H and O–H groups in total. The number of anilines is 1. The fourth-order valence-corrected chi connectivity index (χ4v) is 2.84. The summed E-state index contributed by atoms with van der Waals surface area (Å²) in [6, 6.07) is 5.97. The maximum atomic E-state index is 5.83. The molecule has 18 heavy (non-hydrogen) atoms. The molecule has 1 unspecified atom stereocenters. The molecule has 0 aromatic heterocycles. The largest absolute Gasteiger partial charge is 0.399 e. The first-order chi connectivity index (χ1) is 8.65. The van der Waals surface area contributed by atoms with Crippen LogP contribution in [-0.4, -0.2) is 31.7 Å². The Labute approximate surface area is 117 Å². The second-order valence-corrected chi connectivity index (χ2v) is 5.99. The SMILES string of the molecule is CN(Cc1cc(N)ccc1Br)CC1CCCOC1. The van der Waals surface area contributed by atoms with Crippen molar-refractivity contribution in [3.8, 4) is 0 Å². The molecule has 100 valence electrons. The normalized spacial score (nSPS) is 20.3. The minimum Gasteiger partial charge on any atom is -0.399 e. The summed E-state index contributed by atoms with van der Waals surface area (Å²) in [4.78, 5) is 2.35. The van der Waals surface area contributed by atoms with Crippen molar-refractivity contribution >= 4 is 21.6 Å². The summed E-state index contributed by atoms with van der Waals surface area (Å²) in [6.07, 6.45) is 2.48. The van der Waals surface area contributed by atoms with Crippen LogP contribution in [0.15, 0.2) is 22.7 Å². The first-order valence-corrected chi connectivity index (χ1v) is 7.24. The summed E-state index contributed by atoms with van der Waals surface area (Å²) in [6.45, 7) is 3.84. The van der Waals surface area contributed by atoms with Gasteiger partial charge in [-0.1, -0.05) is 15.9 Å². The molecule has 1 fully saturated rings. The van der Waals surface area contributed by atoms with Crippen LogP contribution in [-0.2, 0) is 11.3 Å². The minimum atomic E-state index is 0.670. The van der Waals surface area contributed by atoms with Gasteiger partial charge < -0.3 is 15.4 Å². The predicted octanol–water partition coefficient (Wildman–Crippen LogP) is 2.89. The molecule has 0 spiro atoms. The Bertz CT molecular complexity index is 391. The lowest BCUT2D eigenvalue weighted by Gasteiger charge is -2.27. The van der Waals surface area contributed by atoms with Crippen LogP contribution < -0.4 is 5.73 Å². The molecular weight excluding hydrogens is 292 g/mol. The summed E-state index contributed by atoms with van der Waals surface area (Å²) in [7, 11) is 2.16. The van der Waals surface area contributed by atoms with Crippen LogP contribution in [0.2, 0.25) is 0 Å². The molecule has 1 saturated heterocycles. The Kier molecular flexibility index (Phi) is 5.03. The van der Waals surface area contributed by atoms with Crippen LogP contribution in [0.5, 0.6) is 0 Å². The molecule has 1 aliphatic rings. The number of nitrogen functional groups attached to an aromatic ring is 1. The van der Waals surface area contributed by atoms with Gasteiger partial charge in [-0.05, 0) is 49.6 Å². The van der Waals surface area contributed by atoms with Crippen molar-refractivity contribution in [2.24, 2.45) is 5.92 Å². The van der Waals surface area contributed by atoms with Crippen LogP contribution in [0, 0.1) is 5.92 Å². The molecule has 1 heterocycles. The lowest BCUT2D eigenvalue weighted by Crippen LogP contribution is -2.30. The van der Waals surface area contributed by atoms with Crippen molar-refractivity contribution < 1.29 is 4.74 Å². The molecule has 1 aliphatic heterocycles. The maximum absolute atomic E-state index is 5.83. The molecule has 1 atom stereocenters. The molecule has 4 heteroatoms. The highest BCUT2D eigenvalue weighted by Gasteiger charge is 2.16. The first-order valence-electron chi connectivity index (χ1n) is 6.45. The fraction of sp³-hybridized carbons (Fsp3) is 0.571. The number of hydrogen-bond donors (Lipinski definition) is 1. The number of benzene rings is 1. The van der Waals surface area contributed by atoms with Crippen molar-refractivity contribution in [2.45, 2.75) is 19.4 Å². The monoisotopic (exact) mass is 312 g/mol. The lowest BCUT2D eigenvalue weighted by molar-refractivity contribution is 0.0411. The van der Waals surface area contributed by atoms with E-state index < -0.39 is 0 Å². The Morgan fingerprint density at radius 2 is 2.33 bits per heavy atom. The average Bonchev–Trinajstić information content (AvgIpc) is 2.35.